The van der Waals surface area contributed by atoms with Gasteiger partial charge in [-0.25, -0.2) is 0 Å². The first-order valence-corrected chi connectivity index (χ1v) is 15.9. The number of benzene rings is 5. The zero-order valence-corrected chi connectivity index (χ0v) is 25.9. The van der Waals surface area contributed by atoms with Gasteiger partial charge in [-0.2, -0.15) is 0 Å². The predicted octanol–water partition coefficient (Wildman–Crippen LogP) is 8.04. The SMILES string of the molecule is CCOc1ccc(/C=C(\NC(=O)c2ccccc2)C(=O)Nc2ccc(SCC(=O)n3c4ccccc4c4ccccc43)cc2)cc1. The van der Waals surface area contributed by atoms with Crippen molar-refractivity contribution in [1.82, 2.24) is 9.88 Å². The first-order chi connectivity index (χ1) is 22.5. The lowest BCUT2D eigenvalue weighted by Gasteiger charge is -2.12. The second-order valence-electron chi connectivity index (χ2n) is 10.4. The zero-order chi connectivity index (χ0) is 31.9. The van der Waals surface area contributed by atoms with Gasteiger partial charge in [-0.05, 0) is 79.2 Å². The molecule has 0 saturated heterocycles. The molecule has 0 fully saturated rings. The highest BCUT2D eigenvalue weighted by molar-refractivity contribution is 8.00. The molecule has 5 aromatic carbocycles. The fraction of sp³-hybridized carbons (Fsp3) is 0.0789. The summed E-state index contributed by atoms with van der Waals surface area (Å²) in [4.78, 5) is 40.7. The van der Waals surface area contributed by atoms with Gasteiger partial charge in [0.15, 0.2) is 0 Å². The molecule has 0 radical (unpaired) electrons. The van der Waals surface area contributed by atoms with Crippen molar-refractivity contribution in [3.8, 4) is 5.75 Å². The van der Waals surface area contributed by atoms with Crippen LogP contribution in [0.25, 0.3) is 27.9 Å². The van der Waals surface area contributed by atoms with Gasteiger partial charge < -0.3 is 15.4 Å². The summed E-state index contributed by atoms with van der Waals surface area (Å²) in [5, 5.41) is 7.73. The smallest absolute Gasteiger partial charge is 0.272 e. The van der Waals surface area contributed by atoms with Crippen molar-refractivity contribution < 1.29 is 19.1 Å². The maximum atomic E-state index is 13.4. The molecule has 0 unspecified atom stereocenters. The Bertz CT molecular complexity index is 2000. The molecule has 6 rings (SSSR count). The molecule has 0 saturated carbocycles. The molecular formula is C38H31N3O4S. The number of hydrogen-bond acceptors (Lipinski definition) is 5. The van der Waals surface area contributed by atoms with Crippen molar-refractivity contribution in [2.75, 3.05) is 17.7 Å². The molecule has 1 aromatic heterocycles. The van der Waals surface area contributed by atoms with Crippen LogP contribution in [0.5, 0.6) is 5.75 Å². The lowest BCUT2D eigenvalue weighted by molar-refractivity contribution is -0.113. The molecule has 0 atom stereocenters. The lowest BCUT2D eigenvalue weighted by atomic mass is 10.1. The largest absolute Gasteiger partial charge is 0.494 e. The molecule has 0 aliphatic carbocycles. The van der Waals surface area contributed by atoms with E-state index < -0.39 is 11.8 Å². The number of amides is 2. The van der Waals surface area contributed by atoms with Gasteiger partial charge in [0.1, 0.15) is 11.4 Å². The maximum Gasteiger partial charge on any atom is 0.272 e. The minimum Gasteiger partial charge on any atom is -0.494 e. The standard InChI is InChI=1S/C38H31N3O4S/c1-2-45-29-20-16-26(17-21-29)24-33(40-37(43)27-10-4-3-5-11-27)38(44)39-28-18-22-30(23-19-28)46-25-36(42)41-34-14-8-6-12-31(34)32-13-7-9-15-35(32)41/h3-24H,2,25H2,1H3,(H,39,44)(H,40,43)/b33-24-. The molecule has 46 heavy (non-hydrogen) atoms. The minimum absolute atomic E-state index is 0.0157. The Kier molecular flexibility index (Phi) is 9.27. The van der Waals surface area contributed by atoms with E-state index in [0.29, 0.717) is 23.6 Å². The molecule has 0 aliphatic heterocycles. The van der Waals surface area contributed by atoms with Gasteiger partial charge in [0.05, 0.1) is 23.4 Å². The Balaban J connectivity index is 1.15. The molecule has 0 bridgehead atoms. The summed E-state index contributed by atoms with van der Waals surface area (Å²) in [7, 11) is 0. The number of carbonyl (C=O) groups is 3. The van der Waals surface area contributed by atoms with E-state index in [1.54, 1.807) is 47.0 Å². The number of anilines is 1. The summed E-state index contributed by atoms with van der Waals surface area (Å²) in [6, 6.07) is 39.1. The van der Waals surface area contributed by atoms with E-state index in [-0.39, 0.29) is 17.4 Å². The number of nitrogens with zero attached hydrogens (tertiary/aromatic N) is 1. The summed E-state index contributed by atoms with van der Waals surface area (Å²) >= 11 is 1.43. The van der Waals surface area contributed by atoms with Crippen molar-refractivity contribution in [2.24, 2.45) is 0 Å². The topological polar surface area (TPSA) is 89.4 Å². The second kappa shape index (κ2) is 14.0. The van der Waals surface area contributed by atoms with Gasteiger partial charge in [0, 0.05) is 26.9 Å². The number of thioether (sulfide) groups is 1. The summed E-state index contributed by atoms with van der Waals surface area (Å²) < 4.78 is 7.30. The summed E-state index contributed by atoms with van der Waals surface area (Å²) in [5.41, 5.74) is 3.58. The Labute approximate surface area is 270 Å². The van der Waals surface area contributed by atoms with E-state index in [1.807, 2.05) is 97.9 Å². The number of carbonyl (C=O) groups excluding carboxylic acids is 3. The molecule has 1 heterocycles. The highest BCUT2D eigenvalue weighted by atomic mass is 32.2. The molecule has 6 aromatic rings. The van der Waals surface area contributed by atoms with Crippen LogP contribution in [0.4, 0.5) is 5.69 Å². The number of rotatable bonds is 10. The van der Waals surface area contributed by atoms with Crippen LogP contribution in [0.3, 0.4) is 0 Å². The van der Waals surface area contributed by atoms with E-state index in [0.717, 1.165) is 32.3 Å². The van der Waals surface area contributed by atoms with Gasteiger partial charge in [-0.1, -0.05) is 66.7 Å². The molecular weight excluding hydrogens is 595 g/mol. The molecule has 2 amide bonds. The third-order valence-corrected chi connectivity index (χ3v) is 8.33. The lowest BCUT2D eigenvalue weighted by Crippen LogP contribution is -2.30. The van der Waals surface area contributed by atoms with Gasteiger partial charge in [-0.15, -0.1) is 11.8 Å². The Morgan fingerprint density at radius 3 is 1.98 bits per heavy atom. The normalized spacial score (nSPS) is 11.4. The monoisotopic (exact) mass is 625 g/mol. The third-order valence-electron chi connectivity index (χ3n) is 7.33. The zero-order valence-electron chi connectivity index (χ0n) is 25.1. The maximum absolute atomic E-state index is 13.4. The molecule has 228 valence electrons. The first-order valence-electron chi connectivity index (χ1n) is 14.9. The number of para-hydroxylation sites is 2. The van der Waals surface area contributed by atoms with Gasteiger partial charge >= 0.3 is 0 Å². The number of hydrogen-bond donors (Lipinski definition) is 2. The van der Waals surface area contributed by atoms with Crippen LogP contribution in [0.15, 0.2) is 138 Å². The highest BCUT2D eigenvalue weighted by Crippen LogP contribution is 2.30. The molecule has 0 spiro atoms. The first kappa shape index (κ1) is 30.4. The second-order valence-corrected chi connectivity index (χ2v) is 11.5. The quantitative estimate of drug-likeness (QED) is 0.119. The third kappa shape index (κ3) is 6.87. The van der Waals surface area contributed by atoms with Crippen LogP contribution < -0.4 is 15.4 Å². The van der Waals surface area contributed by atoms with Crippen molar-refractivity contribution in [2.45, 2.75) is 11.8 Å². The van der Waals surface area contributed by atoms with Crippen LogP contribution in [0.1, 0.15) is 27.6 Å². The number of aromatic nitrogens is 1. The van der Waals surface area contributed by atoms with Crippen molar-refractivity contribution in [3.05, 3.63) is 144 Å². The van der Waals surface area contributed by atoms with Crippen LogP contribution in [-0.4, -0.2) is 34.6 Å². The molecule has 8 heteroatoms. The number of ether oxygens (including phenoxy) is 1. The van der Waals surface area contributed by atoms with Gasteiger partial charge in [-0.3, -0.25) is 19.0 Å². The fourth-order valence-electron chi connectivity index (χ4n) is 5.17. The number of nitrogens with one attached hydrogen (secondary N) is 2. The predicted molar refractivity (Wildman–Crippen MR) is 185 cm³/mol. The summed E-state index contributed by atoms with van der Waals surface area (Å²) in [6.07, 6.45) is 1.62. The average molecular weight is 626 g/mol. The summed E-state index contributed by atoms with van der Waals surface area (Å²) in [5.74, 6) is 0.0777. The van der Waals surface area contributed by atoms with Crippen molar-refractivity contribution in [3.63, 3.8) is 0 Å². The van der Waals surface area contributed by atoms with E-state index in [9.17, 15) is 14.4 Å². The Morgan fingerprint density at radius 2 is 1.35 bits per heavy atom. The number of fused-ring (bicyclic) bond motifs is 3. The Morgan fingerprint density at radius 1 is 0.739 bits per heavy atom. The molecule has 7 nitrogen and oxygen atoms in total. The molecule has 0 aliphatic rings. The highest BCUT2D eigenvalue weighted by Gasteiger charge is 2.17. The van der Waals surface area contributed by atoms with E-state index in [1.165, 1.54) is 11.8 Å². The van der Waals surface area contributed by atoms with Crippen molar-refractivity contribution in [1.29, 1.82) is 0 Å². The minimum atomic E-state index is -0.472. The van der Waals surface area contributed by atoms with E-state index in [2.05, 4.69) is 10.6 Å². The van der Waals surface area contributed by atoms with Crippen LogP contribution in [0.2, 0.25) is 0 Å². The Hall–Kier alpha value is -5.60. The fourth-order valence-corrected chi connectivity index (χ4v) is 5.92. The van der Waals surface area contributed by atoms with Gasteiger partial charge in [0.25, 0.3) is 11.8 Å². The molecule has 2 N–H and O–H groups in total. The average Bonchev–Trinajstić information content (AvgIpc) is 3.43. The van der Waals surface area contributed by atoms with Crippen LogP contribution in [0, 0.1) is 0 Å². The summed E-state index contributed by atoms with van der Waals surface area (Å²) in [6.45, 7) is 2.46. The van der Waals surface area contributed by atoms with Crippen LogP contribution >= 0.6 is 11.8 Å². The van der Waals surface area contributed by atoms with Gasteiger partial charge in [0.2, 0.25) is 5.91 Å². The van der Waals surface area contributed by atoms with E-state index >= 15 is 0 Å². The van der Waals surface area contributed by atoms with Crippen molar-refractivity contribution >= 4 is 63.1 Å². The van der Waals surface area contributed by atoms with E-state index in [4.69, 9.17) is 4.74 Å². The van der Waals surface area contributed by atoms with Crippen LogP contribution in [-0.2, 0) is 4.79 Å².